The van der Waals surface area contributed by atoms with Crippen molar-refractivity contribution in [3.63, 3.8) is 0 Å². The molecule has 0 aliphatic heterocycles. The summed E-state index contributed by atoms with van der Waals surface area (Å²) in [6.07, 6.45) is 0.372. The molecule has 0 saturated heterocycles. The quantitative estimate of drug-likeness (QED) is 0.780. The van der Waals surface area contributed by atoms with E-state index in [-0.39, 0.29) is 22.5 Å². The maximum absolute atomic E-state index is 12.4. The highest BCUT2D eigenvalue weighted by molar-refractivity contribution is 6.33. The fourth-order valence-corrected chi connectivity index (χ4v) is 3.35. The van der Waals surface area contributed by atoms with Gasteiger partial charge in [-0.2, -0.15) is 0 Å². The Kier molecular flexibility index (Phi) is 3.28. The minimum absolute atomic E-state index is 0.0785. The van der Waals surface area contributed by atoms with Crippen molar-refractivity contribution in [1.82, 2.24) is 0 Å². The molecule has 0 aromatic heterocycles. The summed E-state index contributed by atoms with van der Waals surface area (Å²) < 4.78 is 0. The standard InChI is InChI=1S/C15H18Cl2O/c1-14(2)13(15(14,3)4)12(18)8-9-7-10(16)5-6-11(9)17/h5-7,13H,8H2,1-4H3. The van der Waals surface area contributed by atoms with Gasteiger partial charge in [0.15, 0.2) is 0 Å². The van der Waals surface area contributed by atoms with Gasteiger partial charge in [-0.3, -0.25) is 4.79 Å². The van der Waals surface area contributed by atoms with Crippen molar-refractivity contribution in [2.45, 2.75) is 34.1 Å². The molecule has 1 saturated carbocycles. The highest BCUT2D eigenvalue weighted by Crippen LogP contribution is 2.68. The van der Waals surface area contributed by atoms with Gasteiger partial charge in [0.1, 0.15) is 5.78 Å². The summed E-state index contributed by atoms with van der Waals surface area (Å²) >= 11 is 12.0. The second-order valence-corrected chi connectivity index (χ2v) is 7.10. The minimum atomic E-state index is 0.0785. The molecule has 1 aromatic carbocycles. The summed E-state index contributed by atoms with van der Waals surface area (Å²) in [5.74, 6) is 0.370. The van der Waals surface area contributed by atoms with Gasteiger partial charge in [0.05, 0.1) is 0 Å². The van der Waals surface area contributed by atoms with E-state index in [1.165, 1.54) is 0 Å². The molecule has 2 rings (SSSR count). The fraction of sp³-hybridized carbons (Fsp3) is 0.533. The van der Waals surface area contributed by atoms with Crippen molar-refractivity contribution < 1.29 is 4.79 Å². The lowest BCUT2D eigenvalue weighted by Crippen LogP contribution is -2.10. The van der Waals surface area contributed by atoms with E-state index in [1.807, 2.05) is 0 Å². The van der Waals surface area contributed by atoms with Crippen LogP contribution in [0, 0.1) is 16.7 Å². The van der Waals surface area contributed by atoms with E-state index in [0.717, 1.165) is 5.56 Å². The molecule has 1 fully saturated rings. The van der Waals surface area contributed by atoms with Crippen molar-refractivity contribution in [3.05, 3.63) is 33.8 Å². The second kappa shape index (κ2) is 4.25. The highest BCUT2D eigenvalue weighted by atomic mass is 35.5. The largest absolute Gasteiger partial charge is 0.299 e. The van der Waals surface area contributed by atoms with E-state index in [0.29, 0.717) is 16.5 Å². The van der Waals surface area contributed by atoms with E-state index in [9.17, 15) is 4.79 Å². The van der Waals surface area contributed by atoms with Crippen LogP contribution in [0.3, 0.4) is 0 Å². The Morgan fingerprint density at radius 3 is 2.22 bits per heavy atom. The molecule has 0 atom stereocenters. The number of carbonyl (C=O) groups excluding carboxylic acids is 1. The first kappa shape index (κ1) is 13.9. The lowest BCUT2D eigenvalue weighted by Gasteiger charge is -2.05. The summed E-state index contributed by atoms with van der Waals surface area (Å²) in [5.41, 5.74) is 0.984. The van der Waals surface area contributed by atoms with Crippen molar-refractivity contribution in [1.29, 1.82) is 0 Å². The average Bonchev–Trinajstić information content (AvgIpc) is 2.63. The third kappa shape index (κ3) is 2.08. The van der Waals surface area contributed by atoms with Crippen LogP contribution in [0.15, 0.2) is 18.2 Å². The minimum Gasteiger partial charge on any atom is -0.299 e. The first-order valence-corrected chi connectivity index (χ1v) is 6.90. The van der Waals surface area contributed by atoms with Crippen molar-refractivity contribution in [3.8, 4) is 0 Å². The van der Waals surface area contributed by atoms with Gasteiger partial charge in [0.25, 0.3) is 0 Å². The summed E-state index contributed by atoms with van der Waals surface area (Å²) in [6, 6.07) is 5.27. The maximum Gasteiger partial charge on any atom is 0.141 e. The van der Waals surface area contributed by atoms with E-state index < -0.39 is 0 Å². The molecular weight excluding hydrogens is 267 g/mol. The maximum atomic E-state index is 12.4. The van der Waals surface area contributed by atoms with E-state index in [2.05, 4.69) is 27.7 Å². The fourth-order valence-electron chi connectivity index (χ4n) is 2.97. The number of halogens is 2. The van der Waals surface area contributed by atoms with Gasteiger partial charge in [0, 0.05) is 22.4 Å². The van der Waals surface area contributed by atoms with Crippen LogP contribution in [0.2, 0.25) is 10.0 Å². The molecule has 0 heterocycles. The Labute approximate surface area is 118 Å². The van der Waals surface area contributed by atoms with Crippen LogP contribution < -0.4 is 0 Å². The molecule has 98 valence electrons. The van der Waals surface area contributed by atoms with Gasteiger partial charge in [-0.15, -0.1) is 0 Å². The van der Waals surface area contributed by atoms with Crippen molar-refractivity contribution in [2.75, 3.05) is 0 Å². The molecule has 18 heavy (non-hydrogen) atoms. The Bertz CT molecular complexity index is 489. The van der Waals surface area contributed by atoms with Crippen LogP contribution in [0.5, 0.6) is 0 Å². The van der Waals surface area contributed by atoms with Gasteiger partial charge >= 0.3 is 0 Å². The third-order valence-corrected chi connectivity index (χ3v) is 5.32. The molecule has 1 aromatic rings. The van der Waals surface area contributed by atoms with Crippen LogP contribution in [0.4, 0.5) is 0 Å². The predicted octanol–water partition coefficient (Wildman–Crippen LogP) is 4.79. The first-order chi connectivity index (χ1) is 8.18. The molecule has 1 aliphatic rings. The first-order valence-electron chi connectivity index (χ1n) is 6.14. The van der Waals surface area contributed by atoms with Crippen LogP contribution in [0.25, 0.3) is 0 Å². The molecule has 3 heteroatoms. The Hall–Kier alpha value is -0.530. The Morgan fingerprint density at radius 2 is 1.72 bits per heavy atom. The summed E-state index contributed by atoms with van der Waals surface area (Å²) in [4.78, 5) is 12.4. The number of hydrogen-bond acceptors (Lipinski definition) is 1. The number of carbonyl (C=O) groups is 1. The molecule has 0 amide bonds. The zero-order valence-electron chi connectivity index (χ0n) is 11.2. The van der Waals surface area contributed by atoms with Crippen LogP contribution in [-0.4, -0.2) is 5.78 Å². The molecular formula is C15H18Cl2O. The normalized spacial score (nSPS) is 20.8. The summed E-state index contributed by atoms with van der Waals surface area (Å²) in [5, 5.41) is 1.24. The van der Waals surface area contributed by atoms with Crippen LogP contribution in [-0.2, 0) is 11.2 Å². The Balaban J connectivity index is 2.17. The monoisotopic (exact) mass is 284 g/mol. The number of rotatable bonds is 3. The molecule has 0 N–H and O–H groups in total. The average molecular weight is 285 g/mol. The van der Waals surface area contributed by atoms with E-state index in [1.54, 1.807) is 18.2 Å². The van der Waals surface area contributed by atoms with Gasteiger partial charge in [-0.1, -0.05) is 50.9 Å². The molecule has 0 spiro atoms. The summed E-state index contributed by atoms with van der Waals surface area (Å²) in [7, 11) is 0. The number of hydrogen-bond donors (Lipinski definition) is 0. The van der Waals surface area contributed by atoms with Crippen molar-refractivity contribution in [2.24, 2.45) is 16.7 Å². The van der Waals surface area contributed by atoms with Gasteiger partial charge in [-0.25, -0.2) is 0 Å². The molecule has 0 bridgehead atoms. The molecule has 0 radical (unpaired) electrons. The van der Waals surface area contributed by atoms with Gasteiger partial charge in [-0.05, 0) is 34.6 Å². The smallest absolute Gasteiger partial charge is 0.141 e. The highest BCUT2D eigenvalue weighted by Gasteiger charge is 2.67. The van der Waals surface area contributed by atoms with Crippen LogP contribution in [0.1, 0.15) is 33.3 Å². The second-order valence-electron chi connectivity index (χ2n) is 6.26. The third-order valence-electron chi connectivity index (χ3n) is 4.72. The molecule has 1 aliphatic carbocycles. The lowest BCUT2D eigenvalue weighted by molar-refractivity contribution is -0.120. The van der Waals surface area contributed by atoms with Gasteiger partial charge < -0.3 is 0 Å². The topological polar surface area (TPSA) is 17.1 Å². The zero-order chi connectivity index (χ0) is 13.7. The number of Topliss-reactive ketones (excluding diaryl/α,β-unsaturated/α-hetero) is 1. The molecule has 0 unspecified atom stereocenters. The van der Waals surface area contributed by atoms with E-state index >= 15 is 0 Å². The van der Waals surface area contributed by atoms with Crippen LogP contribution >= 0.6 is 23.2 Å². The lowest BCUT2D eigenvalue weighted by atomic mass is 10.0. The SMILES string of the molecule is CC1(C)C(C(=O)Cc2cc(Cl)ccc2Cl)C1(C)C. The zero-order valence-corrected chi connectivity index (χ0v) is 12.7. The predicted molar refractivity (Wildman–Crippen MR) is 76.2 cm³/mol. The summed E-state index contributed by atoms with van der Waals surface area (Å²) in [6.45, 7) is 8.59. The molecule has 1 nitrogen and oxygen atoms in total. The van der Waals surface area contributed by atoms with Gasteiger partial charge in [0.2, 0.25) is 0 Å². The number of benzene rings is 1. The number of ketones is 1. The van der Waals surface area contributed by atoms with Crippen molar-refractivity contribution >= 4 is 29.0 Å². The Morgan fingerprint density at radius 1 is 1.17 bits per heavy atom. The van der Waals surface area contributed by atoms with E-state index in [4.69, 9.17) is 23.2 Å².